The van der Waals surface area contributed by atoms with Crippen LogP contribution in [0.15, 0.2) is 48.5 Å². The minimum Gasteiger partial charge on any atom is -0.478 e. The van der Waals surface area contributed by atoms with E-state index in [2.05, 4.69) is 0 Å². The number of aliphatic hydroxyl groups excluding tert-OH is 1. The van der Waals surface area contributed by atoms with Crippen LogP contribution in [0.4, 0.5) is 0 Å². The first kappa shape index (κ1) is 13.9. The van der Waals surface area contributed by atoms with E-state index in [-0.39, 0.29) is 0 Å². The van der Waals surface area contributed by atoms with Crippen molar-refractivity contribution >= 4 is 11.6 Å². The lowest BCUT2D eigenvalue weighted by Gasteiger charge is -2.32. The fourth-order valence-corrected chi connectivity index (χ4v) is 2.73. The molecular weight excluding hydrogens is 294 g/mol. The van der Waals surface area contributed by atoms with E-state index in [1.54, 1.807) is 36.4 Å². The third-order valence-electron chi connectivity index (χ3n) is 3.55. The van der Waals surface area contributed by atoms with Gasteiger partial charge in [-0.25, -0.2) is 0 Å². The molecule has 2 aromatic rings. The summed E-state index contributed by atoms with van der Waals surface area (Å²) in [5, 5.41) is 22.1. The van der Waals surface area contributed by atoms with Gasteiger partial charge >= 0.3 is 0 Å². The van der Waals surface area contributed by atoms with Crippen LogP contribution in [0.3, 0.4) is 0 Å². The molecule has 0 fully saturated rings. The number of hydrogen-bond donors (Lipinski definition) is 1. The maximum atomic E-state index is 11.4. The monoisotopic (exact) mass is 305 g/mol. The van der Waals surface area contributed by atoms with Crippen LogP contribution >= 0.6 is 11.6 Å². The lowest BCUT2D eigenvalue weighted by atomic mass is 9.90. The van der Waals surface area contributed by atoms with Gasteiger partial charge < -0.3 is 9.84 Å². The summed E-state index contributed by atoms with van der Waals surface area (Å²) in [5.74, 6) is 0.416. The molecule has 21 heavy (non-hydrogen) atoms. The van der Waals surface area contributed by atoms with Gasteiger partial charge in [-0.1, -0.05) is 41.9 Å². The molecule has 1 heterocycles. The molecule has 0 unspecified atom stereocenters. The van der Waals surface area contributed by atoms with Crippen LogP contribution in [-0.2, 0) is 0 Å². The lowest BCUT2D eigenvalue weighted by Crippen LogP contribution is -2.40. The number of nitro groups is 1. The summed E-state index contributed by atoms with van der Waals surface area (Å²) in [6.45, 7) is 0. The average Bonchev–Trinajstić information content (AvgIpc) is 2.48. The summed E-state index contributed by atoms with van der Waals surface area (Å²) in [7, 11) is 0. The Morgan fingerprint density at radius 1 is 1.19 bits per heavy atom. The first-order valence-corrected chi connectivity index (χ1v) is 6.78. The number of hydrogen-bond acceptors (Lipinski definition) is 4. The number of nitrogens with zero attached hydrogens (tertiary/aromatic N) is 1. The van der Waals surface area contributed by atoms with Gasteiger partial charge in [-0.2, -0.15) is 0 Å². The molecule has 6 heteroatoms. The van der Waals surface area contributed by atoms with E-state index in [0.29, 0.717) is 21.9 Å². The highest BCUT2D eigenvalue weighted by Crippen LogP contribution is 2.43. The van der Waals surface area contributed by atoms with Gasteiger partial charge in [0.15, 0.2) is 12.2 Å². The number of aliphatic hydroxyl groups is 1. The summed E-state index contributed by atoms with van der Waals surface area (Å²) >= 11 is 5.89. The van der Waals surface area contributed by atoms with E-state index in [1.165, 1.54) is 6.07 Å². The first-order valence-electron chi connectivity index (χ1n) is 6.40. The zero-order chi connectivity index (χ0) is 15.0. The van der Waals surface area contributed by atoms with Gasteiger partial charge in [-0.05, 0) is 23.8 Å². The molecule has 108 valence electrons. The molecular formula is C15H12ClNO4. The quantitative estimate of drug-likeness (QED) is 0.683. The van der Waals surface area contributed by atoms with E-state index in [0.717, 1.165) is 0 Å². The van der Waals surface area contributed by atoms with Crippen molar-refractivity contribution in [1.29, 1.82) is 0 Å². The van der Waals surface area contributed by atoms with E-state index >= 15 is 0 Å². The van der Waals surface area contributed by atoms with Crippen LogP contribution in [-0.4, -0.2) is 16.1 Å². The minimum atomic E-state index is -1.28. The molecule has 3 rings (SSSR count). The summed E-state index contributed by atoms with van der Waals surface area (Å²) in [5.41, 5.74) is 0.996. The Bertz CT molecular complexity index is 677. The molecule has 3 atom stereocenters. The molecule has 0 saturated carbocycles. The van der Waals surface area contributed by atoms with Crippen molar-refractivity contribution in [3.8, 4) is 5.75 Å². The molecule has 1 aliphatic heterocycles. The van der Waals surface area contributed by atoms with E-state index in [9.17, 15) is 15.2 Å². The number of benzene rings is 2. The van der Waals surface area contributed by atoms with E-state index < -0.39 is 23.2 Å². The fraction of sp³-hybridized carbons (Fsp3) is 0.200. The molecule has 0 bridgehead atoms. The highest BCUT2D eigenvalue weighted by atomic mass is 35.5. The Morgan fingerprint density at radius 2 is 1.90 bits per heavy atom. The Morgan fingerprint density at radius 3 is 2.57 bits per heavy atom. The predicted octanol–water partition coefficient (Wildman–Crippen LogP) is 3.15. The van der Waals surface area contributed by atoms with Crippen molar-refractivity contribution < 1.29 is 14.8 Å². The molecule has 5 nitrogen and oxygen atoms in total. The molecule has 0 spiro atoms. The van der Waals surface area contributed by atoms with Crippen LogP contribution in [0.25, 0.3) is 0 Å². The Hall–Kier alpha value is -2.11. The first-order chi connectivity index (χ1) is 10.1. The van der Waals surface area contributed by atoms with Crippen LogP contribution in [0.5, 0.6) is 5.75 Å². The van der Waals surface area contributed by atoms with Crippen molar-refractivity contribution in [3.63, 3.8) is 0 Å². The van der Waals surface area contributed by atoms with Crippen LogP contribution in [0.1, 0.15) is 23.3 Å². The van der Waals surface area contributed by atoms with Crippen molar-refractivity contribution in [2.24, 2.45) is 0 Å². The van der Waals surface area contributed by atoms with E-state index in [4.69, 9.17) is 16.3 Å². The lowest BCUT2D eigenvalue weighted by molar-refractivity contribution is -0.549. The van der Waals surface area contributed by atoms with Crippen molar-refractivity contribution in [2.45, 2.75) is 18.2 Å². The Kier molecular flexibility index (Phi) is 3.53. The van der Waals surface area contributed by atoms with Gasteiger partial charge in [0.1, 0.15) is 5.75 Å². The standard InChI is InChI=1S/C15H12ClNO4/c16-10-6-7-12-11(8-10)14(18)13(17(19)20)15(21-12)9-4-2-1-3-5-9/h1-8,13-15,18H/t13-,14-,15-/m1/s1. The largest absolute Gasteiger partial charge is 0.478 e. The molecule has 1 N–H and O–H groups in total. The van der Waals surface area contributed by atoms with E-state index in [1.807, 2.05) is 6.07 Å². The van der Waals surface area contributed by atoms with Crippen molar-refractivity contribution in [3.05, 3.63) is 74.8 Å². The molecule has 0 amide bonds. The van der Waals surface area contributed by atoms with Gasteiger partial charge in [0.2, 0.25) is 0 Å². The second kappa shape index (κ2) is 5.35. The predicted molar refractivity (Wildman–Crippen MR) is 77.0 cm³/mol. The van der Waals surface area contributed by atoms with Crippen molar-refractivity contribution in [2.75, 3.05) is 0 Å². The zero-order valence-corrected chi connectivity index (χ0v) is 11.6. The smallest absolute Gasteiger partial charge is 0.283 e. The van der Waals surface area contributed by atoms with Crippen LogP contribution in [0, 0.1) is 10.1 Å². The molecule has 2 aromatic carbocycles. The number of rotatable bonds is 2. The molecule has 0 saturated heterocycles. The minimum absolute atomic E-state index is 0.344. The number of ether oxygens (including phenoxy) is 1. The Labute approximate surface area is 125 Å². The highest BCUT2D eigenvalue weighted by Gasteiger charge is 2.46. The SMILES string of the molecule is O=[N+]([O-])[C@@H]1[C@H](O)c2cc(Cl)ccc2O[C@@H]1c1ccccc1. The van der Waals surface area contributed by atoms with Gasteiger partial charge in [-0.15, -0.1) is 0 Å². The Balaban J connectivity index is 2.09. The van der Waals surface area contributed by atoms with Crippen LogP contribution in [0.2, 0.25) is 5.02 Å². The van der Waals surface area contributed by atoms with Gasteiger partial charge in [0, 0.05) is 15.5 Å². The maximum absolute atomic E-state index is 11.4. The summed E-state index contributed by atoms with van der Waals surface area (Å²) in [6, 6.07) is 12.3. The van der Waals surface area contributed by atoms with Gasteiger partial charge in [0.25, 0.3) is 6.04 Å². The molecule has 1 aliphatic rings. The van der Waals surface area contributed by atoms with Gasteiger partial charge in [-0.3, -0.25) is 10.1 Å². The maximum Gasteiger partial charge on any atom is 0.283 e. The topological polar surface area (TPSA) is 72.6 Å². The summed E-state index contributed by atoms with van der Waals surface area (Å²) < 4.78 is 5.76. The average molecular weight is 306 g/mol. The number of fused-ring (bicyclic) bond motifs is 1. The third-order valence-corrected chi connectivity index (χ3v) is 3.78. The normalized spacial score (nSPS) is 24.0. The summed E-state index contributed by atoms with van der Waals surface area (Å²) in [6.07, 6.45) is -2.11. The molecule has 0 radical (unpaired) electrons. The zero-order valence-electron chi connectivity index (χ0n) is 10.8. The second-order valence-electron chi connectivity index (χ2n) is 4.85. The fourth-order valence-electron chi connectivity index (χ4n) is 2.55. The molecule has 0 aliphatic carbocycles. The third kappa shape index (κ3) is 2.46. The van der Waals surface area contributed by atoms with Crippen molar-refractivity contribution in [1.82, 2.24) is 0 Å². The second-order valence-corrected chi connectivity index (χ2v) is 5.29. The highest BCUT2D eigenvalue weighted by molar-refractivity contribution is 6.30. The molecule has 0 aromatic heterocycles. The number of halogens is 1. The van der Waals surface area contributed by atoms with Crippen LogP contribution < -0.4 is 4.74 Å². The van der Waals surface area contributed by atoms with Gasteiger partial charge in [0.05, 0.1) is 0 Å². The summed E-state index contributed by atoms with van der Waals surface area (Å²) in [4.78, 5) is 10.9.